The third-order valence-electron chi connectivity index (χ3n) is 5.66. The van der Waals surface area contributed by atoms with Crippen LogP contribution in [0.25, 0.3) is 10.8 Å². The fraction of sp³-hybridized carbons (Fsp3) is 0.364. The number of nitrogens with one attached hydrogen (secondary N) is 1. The fourth-order valence-electron chi connectivity index (χ4n) is 3.62. The van der Waals surface area contributed by atoms with Gasteiger partial charge in [0, 0.05) is 24.4 Å². The van der Waals surface area contributed by atoms with Gasteiger partial charge in [-0.25, -0.2) is 19.7 Å². The molecule has 1 aliphatic heterocycles. The molecule has 0 bridgehead atoms. The maximum absolute atomic E-state index is 12.3. The normalized spacial score (nSPS) is 18.5. The van der Waals surface area contributed by atoms with Crippen LogP contribution in [0, 0.1) is 0 Å². The van der Waals surface area contributed by atoms with E-state index in [1.165, 1.54) is 0 Å². The molecule has 0 saturated heterocycles. The lowest BCUT2D eigenvalue weighted by Crippen LogP contribution is -2.39. The van der Waals surface area contributed by atoms with Gasteiger partial charge in [-0.1, -0.05) is 6.92 Å². The molecule has 0 fully saturated rings. The molecule has 2 atom stereocenters. The van der Waals surface area contributed by atoms with Crippen LogP contribution in [0.1, 0.15) is 61.3 Å². The number of fused-ring (bicyclic) bond motifs is 2. The number of carbonyl (C=O) groups excluding carboxylic acids is 1. The highest BCUT2D eigenvalue weighted by atomic mass is 16.6. The van der Waals surface area contributed by atoms with E-state index in [1.54, 1.807) is 31.6 Å². The molecule has 0 aromatic carbocycles. The number of carbonyl (C=O) groups is 1. The number of hydrogen-bond acceptors (Lipinski definition) is 8. The summed E-state index contributed by atoms with van der Waals surface area (Å²) in [5, 5.41) is 4.93. The van der Waals surface area contributed by atoms with E-state index in [0.29, 0.717) is 28.8 Å². The molecule has 0 aliphatic carbocycles. The molecule has 3 aromatic rings. The zero-order chi connectivity index (χ0) is 21.6. The Kier molecular flexibility index (Phi) is 4.82. The number of hydrogen-bond donors (Lipinski definition) is 2. The second kappa shape index (κ2) is 7.21. The average Bonchev–Trinajstić information content (AvgIpc) is 2.70. The third kappa shape index (κ3) is 3.33. The smallest absolute Gasteiger partial charge is 0.340 e. The summed E-state index contributed by atoms with van der Waals surface area (Å²) in [6, 6.07) is 5.19. The highest BCUT2D eigenvalue weighted by Gasteiger charge is 2.40. The van der Waals surface area contributed by atoms with Crippen molar-refractivity contribution < 1.29 is 14.3 Å². The summed E-state index contributed by atoms with van der Waals surface area (Å²) in [5.74, 6) is 1.31. The summed E-state index contributed by atoms with van der Waals surface area (Å²) in [7, 11) is 1.57. The third-order valence-corrected chi connectivity index (χ3v) is 5.66. The zero-order valence-electron chi connectivity index (χ0n) is 17.7. The Morgan fingerprint density at radius 2 is 1.97 bits per heavy atom. The molecule has 3 N–H and O–H groups in total. The standard InChI is InChI=1S/C22H25N5O3/c1-11-19-13(21(28)30-22(11,3)4)6-7-17(27-19)26-18-8-14-15(12(2)23)9-25-20(29-5)16(14)10-24-18/h6-12H,23H2,1-5H3,(H,24,26,27). The van der Waals surface area contributed by atoms with Crippen molar-refractivity contribution in [1.29, 1.82) is 0 Å². The van der Waals surface area contributed by atoms with Gasteiger partial charge < -0.3 is 20.5 Å². The van der Waals surface area contributed by atoms with E-state index in [-0.39, 0.29) is 17.9 Å². The monoisotopic (exact) mass is 407 g/mol. The van der Waals surface area contributed by atoms with Gasteiger partial charge in [-0.2, -0.15) is 0 Å². The topological polar surface area (TPSA) is 112 Å². The summed E-state index contributed by atoms with van der Waals surface area (Å²) in [5.41, 5.74) is 7.61. The molecule has 0 amide bonds. The van der Waals surface area contributed by atoms with Gasteiger partial charge in [0.2, 0.25) is 5.88 Å². The number of methoxy groups -OCH3 is 1. The first-order chi connectivity index (χ1) is 14.2. The van der Waals surface area contributed by atoms with Crippen molar-refractivity contribution in [2.24, 2.45) is 5.73 Å². The van der Waals surface area contributed by atoms with Crippen molar-refractivity contribution in [2.45, 2.75) is 45.3 Å². The lowest BCUT2D eigenvalue weighted by atomic mass is 9.84. The summed E-state index contributed by atoms with van der Waals surface area (Å²) in [6.07, 6.45) is 3.43. The maximum Gasteiger partial charge on any atom is 0.340 e. The Bertz CT molecular complexity index is 1140. The van der Waals surface area contributed by atoms with Gasteiger partial charge >= 0.3 is 5.97 Å². The minimum absolute atomic E-state index is 0.0449. The maximum atomic E-state index is 12.3. The molecule has 0 spiro atoms. The van der Waals surface area contributed by atoms with Crippen LogP contribution in [0.4, 0.5) is 11.6 Å². The number of nitrogens with zero attached hydrogens (tertiary/aromatic N) is 3. The fourth-order valence-corrected chi connectivity index (χ4v) is 3.62. The quantitative estimate of drug-likeness (QED) is 0.627. The Morgan fingerprint density at radius 3 is 2.67 bits per heavy atom. The van der Waals surface area contributed by atoms with Crippen molar-refractivity contribution in [3.8, 4) is 5.88 Å². The van der Waals surface area contributed by atoms with Gasteiger partial charge in [-0.15, -0.1) is 0 Å². The van der Waals surface area contributed by atoms with Crippen LogP contribution in [-0.2, 0) is 4.74 Å². The molecule has 0 radical (unpaired) electrons. The van der Waals surface area contributed by atoms with E-state index in [4.69, 9.17) is 20.2 Å². The van der Waals surface area contributed by atoms with E-state index < -0.39 is 5.60 Å². The van der Waals surface area contributed by atoms with Crippen LogP contribution in [0.5, 0.6) is 5.88 Å². The van der Waals surface area contributed by atoms with Crippen molar-refractivity contribution in [3.05, 3.63) is 47.4 Å². The largest absolute Gasteiger partial charge is 0.481 e. The van der Waals surface area contributed by atoms with Gasteiger partial charge in [0.05, 0.1) is 23.8 Å². The first-order valence-corrected chi connectivity index (χ1v) is 9.81. The number of nitrogens with two attached hydrogens (primary N) is 1. The van der Waals surface area contributed by atoms with Gasteiger partial charge in [0.25, 0.3) is 0 Å². The van der Waals surface area contributed by atoms with E-state index in [2.05, 4.69) is 15.3 Å². The van der Waals surface area contributed by atoms with Crippen LogP contribution in [0.3, 0.4) is 0 Å². The molecule has 156 valence electrons. The number of esters is 1. The Hall–Kier alpha value is -3.26. The molecule has 8 heteroatoms. The molecule has 0 saturated carbocycles. The molecule has 30 heavy (non-hydrogen) atoms. The van der Waals surface area contributed by atoms with Gasteiger partial charge in [-0.3, -0.25) is 0 Å². The van der Waals surface area contributed by atoms with Crippen molar-refractivity contribution >= 4 is 28.4 Å². The minimum atomic E-state index is -0.618. The molecule has 1 aliphatic rings. The van der Waals surface area contributed by atoms with Crippen molar-refractivity contribution in [2.75, 3.05) is 12.4 Å². The predicted octanol–water partition coefficient (Wildman–Crippen LogP) is 3.85. The molecule has 2 unspecified atom stereocenters. The van der Waals surface area contributed by atoms with E-state index in [0.717, 1.165) is 16.3 Å². The van der Waals surface area contributed by atoms with E-state index in [9.17, 15) is 4.79 Å². The van der Waals surface area contributed by atoms with Crippen molar-refractivity contribution in [3.63, 3.8) is 0 Å². The molecule has 4 rings (SSSR count). The van der Waals surface area contributed by atoms with Gasteiger partial charge in [-0.05, 0) is 49.9 Å². The predicted molar refractivity (Wildman–Crippen MR) is 114 cm³/mol. The van der Waals surface area contributed by atoms with Crippen molar-refractivity contribution in [1.82, 2.24) is 15.0 Å². The van der Waals surface area contributed by atoms with Gasteiger partial charge in [0.15, 0.2) is 0 Å². The first kappa shape index (κ1) is 20.0. The minimum Gasteiger partial charge on any atom is -0.481 e. The van der Waals surface area contributed by atoms with Crippen LogP contribution in [0.2, 0.25) is 0 Å². The van der Waals surface area contributed by atoms with Crippen LogP contribution in [-0.4, -0.2) is 33.6 Å². The zero-order valence-corrected chi connectivity index (χ0v) is 17.7. The number of pyridine rings is 3. The summed E-state index contributed by atoms with van der Waals surface area (Å²) in [4.78, 5) is 25.8. The Labute approximate surface area is 174 Å². The highest BCUT2D eigenvalue weighted by molar-refractivity contribution is 5.93. The molecule has 8 nitrogen and oxygen atoms in total. The number of anilines is 2. The Morgan fingerprint density at radius 1 is 1.20 bits per heavy atom. The van der Waals surface area contributed by atoms with Crippen LogP contribution < -0.4 is 15.8 Å². The molecular weight excluding hydrogens is 382 g/mol. The molecule has 3 aromatic heterocycles. The molecular formula is C22H25N5O3. The highest BCUT2D eigenvalue weighted by Crippen LogP contribution is 2.38. The van der Waals surface area contributed by atoms with Gasteiger partial charge in [0.1, 0.15) is 17.2 Å². The summed E-state index contributed by atoms with van der Waals surface area (Å²) >= 11 is 0. The average molecular weight is 407 g/mol. The first-order valence-electron chi connectivity index (χ1n) is 9.81. The summed E-state index contributed by atoms with van der Waals surface area (Å²) in [6.45, 7) is 7.69. The summed E-state index contributed by atoms with van der Waals surface area (Å²) < 4.78 is 10.9. The second-order valence-electron chi connectivity index (χ2n) is 8.10. The lowest BCUT2D eigenvalue weighted by molar-refractivity contribution is -0.0189. The second-order valence-corrected chi connectivity index (χ2v) is 8.10. The number of aromatic nitrogens is 3. The van der Waals surface area contributed by atoms with Crippen LogP contribution in [0.15, 0.2) is 30.6 Å². The number of ether oxygens (including phenoxy) is 2. The molecule has 4 heterocycles. The van der Waals surface area contributed by atoms with E-state index >= 15 is 0 Å². The number of cyclic esters (lactones) is 1. The van der Waals surface area contributed by atoms with E-state index in [1.807, 2.05) is 33.8 Å². The Balaban J connectivity index is 1.74. The SMILES string of the molecule is COc1ncc(C(C)N)c2cc(Nc3ccc4c(n3)C(C)C(C)(C)OC4=O)ncc12. The number of rotatable bonds is 4. The van der Waals surface area contributed by atoms with Crippen LogP contribution >= 0.6 is 0 Å². The lowest BCUT2D eigenvalue weighted by Gasteiger charge is -2.36.